The van der Waals surface area contributed by atoms with Gasteiger partial charge < -0.3 is 9.47 Å². The number of hydrogen-bond donors (Lipinski definition) is 1. The van der Waals surface area contributed by atoms with Gasteiger partial charge in [0.1, 0.15) is 17.9 Å². The van der Waals surface area contributed by atoms with Gasteiger partial charge in [-0.05, 0) is 87.9 Å². The summed E-state index contributed by atoms with van der Waals surface area (Å²) in [5.74, 6) is -0.674. The van der Waals surface area contributed by atoms with Crippen molar-refractivity contribution in [1.82, 2.24) is 5.43 Å². The second-order valence-electron chi connectivity index (χ2n) is 9.54. The van der Waals surface area contributed by atoms with Crippen molar-refractivity contribution in [2.75, 3.05) is 17.5 Å². The Balaban J connectivity index is 1.65. The number of nitrogens with zero attached hydrogens (tertiary/aromatic N) is 2. The molecule has 0 saturated heterocycles. The van der Waals surface area contributed by atoms with Gasteiger partial charge in [0.05, 0.1) is 16.8 Å². The fourth-order valence-corrected chi connectivity index (χ4v) is 4.89. The van der Waals surface area contributed by atoms with Crippen molar-refractivity contribution in [2.45, 2.75) is 38.2 Å². The predicted molar refractivity (Wildman–Crippen MR) is 151 cm³/mol. The molecule has 11 heteroatoms. The lowest BCUT2D eigenvalue weighted by Crippen LogP contribution is -2.39. The Labute approximate surface area is 233 Å². The first kappa shape index (κ1) is 29.7. The molecule has 0 radical (unpaired) electrons. The fraction of sp³-hybridized carbons (Fsp3) is 0.250. The number of carbonyl (C=O) groups is 2. The lowest BCUT2D eigenvalue weighted by Gasteiger charge is -2.24. The summed E-state index contributed by atoms with van der Waals surface area (Å²) < 4.78 is 38.4. The van der Waals surface area contributed by atoms with Gasteiger partial charge in [0, 0.05) is 5.02 Å². The Kier molecular flexibility index (Phi) is 9.71. The minimum atomic E-state index is -4.07. The minimum absolute atomic E-state index is 0.0401. The summed E-state index contributed by atoms with van der Waals surface area (Å²) in [4.78, 5) is 24.5. The number of anilines is 1. The number of hydrogen-bond acceptors (Lipinski definition) is 7. The molecule has 1 N–H and O–H groups in total. The first-order valence-corrected chi connectivity index (χ1v) is 13.8. The standard InChI is InChI=1S/C28H30ClN3O6S/c1-20-8-14-25(15-9-20)39(35,36)32(23-7-5-6-22(29)16-23)18-26(33)31-30-17-21-10-12-24(13-11-21)37-19-27(34)38-28(2,3)4/h5-17H,18-19H2,1-4H3,(H,31,33)/b30-17-. The van der Waals surface area contributed by atoms with Gasteiger partial charge >= 0.3 is 5.97 Å². The molecule has 1 amide bonds. The highest BCUT2D eigenvalue weighted by Gasteiger charge is 2.27. The number of esters is 1. The van der Waals surface area contributed by atoms with Crippen LogP contribution in [0.4, 0.5) is 5.69 Å². The summed E-state index contributed by atoms with van der Waals surface area (Å²) in [6, 6.07) is 19.2. The number of aryl methyl sites for hydroxylation is 1. The average Bonchev–Trinajstić information content (AvgIpc) is 2.86. The van der Waals surface area contributed by atoms with Gasteiger partial charge in [-0.2, -0.15) is 5.10 Å². The van der Waals surface area contributed by atoms with E-state index in [1.54, 1.807) is 75.4 Å². The Morgan fingerprint density at radius 3 is 2.31 bits per heavy atom. The van der Waals surface area contributed by atoms with Crippen molar-refractivity contribution in [3.8, 4) is 5.75 Å². The van der Waals surface area contributed by atoms with Gasteiger partial charge in [0.25, 0.3) is 15.9 Å². The van der Waals surface area contributed by atoms with E-state index in [0.29, 0.717) is 16.3 Å². The number of rotatable bonds is 10. The van der Waals surface area contributed by atoms with Gasteiger partial charge in [-0.25, -0.2) is 18.6 Å². The molecular weight excluding hydrogens is 542 g/mol. The van der Waals surface area contributed by atoms with Crippen molar-refractivity contribution < 1.29 is 27.5 Å². The van der Waals surface area contributed by atoms with E-state index < -0.39 is 34.0 Å². The van der Waals surface area contributed by atoms with E-state index in [-0.39, 0.29) is 17.2 Å². The maximum absolute atomic E-state index is 13.4. The molecule has 3 aromatic rings. The average molecular weight is 572 g/mol. The quantitative estimate of drug-likeness (QED) is 0.214. The Bertz CT molecular complexity index is 1430. The molecule has 0 spiro atoms. The number of sulfonamides is 1. The van der Waals surface area contributed by atoms with Gasteiger partial charge in [0.2, 0.25) is 0 Å². The highest BCUT2D eigenvalue weighted by Crippen LogP contribution is 2.26. The van der Waals surface area contributed by atoms with Crippen LogP contribution in [0.3, 0.4) is 0 Å². The number of hydrazone groups is 1. The number of benzene rings is 3. The smallest absolute Gasteiger partial charge is 0.344 e. The lowest BCUT2D eigenvalue weighted by atomic mass is 10.2. The molecule has 0 fully saturated rings. The van der Waals surface area contributed by atoms with Crippen molar-refractivity contribution in [3.63, 3.8) is 0 Å². The van der Waals surface area contributed by atoms with Crippen molar-refractivity contribution in [3.05, 3.63) is 88.9 Å². The highest BCUT2D eigenvalue weighted by atomic mass is 35.5. The molecule has 0 aliphatic carbocycles. The van der Waals surface area contributed by atoms with Gasteiger partial charge in [-0.3, -0.25) is 9.10 Å². The second-order valence-corrected chi connectivity index (χ2v) is 11.8. The number of ether oxygens (including phenoxy) is 2. The molecule has 0 aliphatic rings. The van der Waals surface area contributed by atoms with Crippen LogP contribution in [-0.2, 0) is 24.3 Å². The second kappa shape index (κ2) is 12.8. The maximum Gasteiger partial charge on any atom is 0.344 e. The summed E-state index contributed by atoms with van der Waals surface area (Å²) in [5, 5.41) is 4.26. The maximum atomic E-state index is 13.4. The summed E-state index contributed by atoms with van der Waals surface area (Å²) in [7, 11) is -4.07. The van der Waals surface area contributed by atoms with E-state index in [9.17, 15) is 18.0 Å². The van der Waals surface area contributed by atoms with Crippen LogP contribution in [0, 0.1) is 6.92 Å². The first-order chi connectivity index (χ1) is 18.3. The molecule has 0 bridgehead atoms. The van der Waals surface area contributed by atoms with E-state index in [1.807, 2.05) is 6.92 Å². The first-order valence-electron chi connectivity index (χ1n) is 11.9. The third-order valence-electron chi connectivity index (χ3n) is 5.05. The lowest BCUT2D eigenvalue weighted by molar-refractivity contribution is -0.157. The predicted octanol–water partition coefficient (Wildman–Crippen LogP) is 4.71. The molecule has 206 valence electrons. The van der Waals surface area contributed by atoms with Crippen LogP contribution in [0.1, 0.15) is 31.9 Å². The molecule has 0 aromatic heterocycles. The molecule has 9 nitrogen and oxygen atoms in total. The number of carbonyl (C=O) groups excluding carboxylic acids is 2. The summed E-state index contributed by atoms with van der Waals surface area (Å²) in [6.45, 7) is 6.42. The normalized spacial score (nSPS) is 11.7. The van der Waals surface area contributed by atoms with E-state index in [2.05, 4.69) is 10.5 Å². The topological polar surface area (TPSA) is 114 Å². The van der Waals surface area contributed by atoms with Crippen LogP contribution in [0.2, 0.25) is 5.02 Å². The monoisotopic (exact) mass is 571 g/mol. The van der Waals surface area contributed by atoms with Crippen LogP contribution >= 0.6 is 11.6 Å². The van der Waals surface area contributed by atoms with Crippen LogP contribution in [-0.4, -0.2) is 45.3 Å². The molecule has 0 heterocycles. The summed E-state index contributed by atoms with van der Waals surface area (Å²) >= 11 is 6.09. The van der Waals surface area contributed by atoms with Gasteiger partial charge in [-0.15, -0.1) is 0 Å². The number of nitrogens with one attached hydrogen (secondary N) is 1. The van der Waals surface area contributed by atoms with Gasteiger partial charge in [-0.1, -0.05) is 35.4 Å². The van der Waals surface area contributed by atoms with Crippen molar-refractivity contribution in [1.29, 1.82) is 0 Å². The SMILES string of the molecule is Cc1ccc(S(=O)(=O)N(CC(=O)N/N=C\c2ccc(OCC(=O)OC(C)(C)C)cc2)c2cccc(Cl)c2)cc1. The third kappa shape index (κ3) is 9.12. The van der Waals surface area contributed by atoms with Crippen LogP contribution in [0.25, 0.3) is 0 Å². The highest BCUT2D eigenvalue weighted by molar-refractivity contribution is 7.92. The zero-order valence-electron chi connectivity index (χ0n) is 22.0. The molecule has 39 heavy (non-hydrogen) atoms. The molecule has 0 saturated carbocycles. The largest absolute Gasteiger partial charge is 0.482 e. The molecule has 3 aromatic carbocycles. The van der Waals surface area contributed by atoms with Crippen LogP contribution in [0.5, 0.6) is 5.75 Å². The Morgan fingerprint density at radius 2 is 1.69 bits per heavy atom. The number of amides is 1. The number of halogens is 1. The summed E-state index contributed by atoms with van der Waals surface area (Å²) in [6.07, 6.45) is 1.40. The van der Waals surface area contributed by atoms with E-state index in [0.717, 1.165) is 9.87 Å². The van der Waals surface area contributed by atoms with Crippen LogP contribution < -0.4 is 14.5 Å². The van der Waals surface area contributed by atoms with E-state index >= 15 is 0 Å². The fourth-order valence-electron chi connectivity index (χ4n) is 3.29. The zero-order chi connectivity index (χ0) is 28.6. The molecule has 3 rings (SSSR count). The van der Waals surface area contributed by atoms with Crippen molar-refractivity contribution >= 4 is 45.4 Å². The van der Waals surface area contributed by atoms with E-state index in [4.69, 9.17) is 21.1 Å². The minimum Gasteiger partial charge on any atom is -0.482 e. The third-order valence-corrected chi connectivity index (χ3v) is 7.08. The van der Waals surface area contributed by atoms with E-state index in [1.165, 1.54) is 24.4 Å². The summed E-state index contributed by atoms with van der Waals surface area (Å²) in [5.41, 5.74) is 3.54. The van der Waals surface area contributed by atoms with Crippen molar-refractivity contribution in [2.24, 2.45) is 5.10 Å². The Morgan fingerprint density at radius 1 is 1.03 bits per heavy atom. The Hall–Kier alpha value is -3.89. The molecule has 0 aliphatic heterocycles. The van der Waals surface area contributed by atoms with Crippen LogP contribution in [0.15, 0.2) is 82.8 Å². The molecule has 0 atom stereocenters. The molecular formula is C28H30ClN3O6S. The molecule has 0 unspecified atom stereocenters. The zero-order valence-corrected chi connectivity index (χ0v) is 23.6. The van der Waals surface area contributed by atoms with Gasteiger partial charge in [0.15, 0.2) is 6.61 Å².